The van der Waals surface area contributed by atoms with Gasteiger partial charge in [-0.3, -0.25) is 0 Å². The maximum atomic E-state index is 4.75. The summed E-state index contributed by atoms with van der Waals surface area (Å²) in [5.74, 6) is 1.85. The summed E-state index contributed by atoms with van der Waals surface area (Å²) in [6.45, 7) is 5.47. The number of nitrogens with one attached hydrogen (secondary N) is 1. The fourth-order valence-electron chi connectivity index (χ4n) is 2.92. The fourth-order valence-corrected chi connectivity index (χ4v) is 2.92. The van der Waals surface area contributed by atoms with E-state index in [9.17, 15) is 0 Å². The molecule has 6 heteroatoms. The molecule has 2 aromatic rings. The number of fused-ring (bicyclic) bond motifs is 1. The van der Waals surface area contributed by atoms with Crippen LogP contribution in [0.3, 0.4) is 0 Å². The zero-order valence-corrected chi connectivity index (χ0v) is 12.4. The van der Waals surface area contributed by atoms with Crippen LogP contribution in [0.4, 0.5) is 11.6 Å². The van der Waals surface area contributed by atoms with Crippen LogP contribution >= 0.6 is 0 Å². The van der Waals surface area contributed by atoms with Gasteiger partial charge < -0.3 is 19.5 Å². The van der Waals surface area contributed by atoms with E-state index < -0.39 is 0 Å². The highest BCUT2D eigenvalue weighted by atomic mass is 15.3. The first kappa shape index (κ1) is 13.2. The standard InChI is InChI=1S/C14H22N6/c1-11-9-18(3)6-4-7-20(11)14-13-16-5-8-19(13)10-12(15-2)17-14/h5,8,10-11,15H,4,6-7,9H2,1-3H3. The molecule has 1 N–H and O–H groups in total. The van der Waals surface area contributed by atoms with E-state index in [-0.39, 0.29) is 0 Å². The molecule has 1 unspecified atom stereocenters. The van der Waals surface area contributed by atoms with Gasteiger partial charge >= 0.3 is 0 Å². The topological polar surface area (TPSA) is 48.7 Å². The Morgan fingerprint density at radius 2 is 2.20 bits per heavy atom. The Labute approximate surface area is 119 Å². The van der Waals surface area contributed by atoms with Crippen LogP contribution in [0.15, 0.2) is 18.6 Å². The lowest BCUT2D eigenvalue weighted by molar-refractivity contribution is 0.337. The van der Waals surface area contributed by atoms with E-state index in [1.165, 1.54) is 0 Å². The monoisotopic (exact) mass is 274 g/mol. The zero-order valence-electron chi connectivity index (χ0n) is 12.4. The number of imidazole rings is 1. The minimum absolute atomic E-state index is 0.433. The quantitative estimate of drug-likeness (QED) is 0.894. The summed E-state index contributed by atoms with van der Waals surface area (Å²) in [7, 11) is 4.08. The molecule has 0 bridgehead atoms. The van der Waals surface area contributed by atoms with Gasteiger partial charge in [-0.05, 0) is 26.9 Å². The third kappa shape index (κ3) is 2.31. The van der Waals surface area contributed by atoms with Crippen LogP contribution in [0.1, 0.15) is 13.3 Å². The van der Waals surface area contributed by atoms with Gasteiger partial charge in [0.15, 0.2) is 11.5 Å². The molecular formula is C14H22N6. The van der Waals surface area contributed by atoms with Gasteiger partial charge in [0, 0.05) is 38.6 Å². The molecule has 3 heterocycles. The van der Waals surface area contributed by atoms with Gasteiger partial charge in [0.05, 0.1) is 6.20 Å². The molecule has 6 nitrogen and oxygen atoms in total. The highest BCUT2D eigenvalue weighted by Crippen LogP contribution is 2.24. The molecule has 0 aliphatic carbocycles. The lowest BCUT2D eigenvalue weighted by Crippen LogP contribution is -2.38. The third-order valence-corrected chi connectivity index (χ3v) is 3.93. The molecule has 108 valence electrons. The first-order valence-corrected chi connectivity index (χ1v) is 7.15. The Morgan fingerprint density at radius 1 is 1.35 bits per heavy atom. The van der Waals surface area contributed by atoms with Crippen molar-refractivity contribution >= 4 is 17.3 Å². The van der Waals surface area contributed by atoms with E-state index in [1.807, 2.05) is 30.0 Å². The van der Waals surface area contributed by atoms with Crippen LogP contribution in [0, 0.1) is 0 Å². The molecule has 0 saturated carbocycles. The average Bonchev–Trinajstić information content (AvgIpc) is 2.84. The van der Waals surface area contributed by atoms with Crippen LogP contribution < -0.4 is 10.2 Å². The van der Waals surface area contributed by atoms with Gasteiger partial charge in [0.1, 0.15) is 5.82 Å². The number of hydrogen-bond donors (Lipinski definition) is 1. The summed E-state index contributed by atoms with van der Waals surface area (Å²) in [6, 6.07) is 0.433. The lowest BCUT2D eigenvalue weighted by Gasteiger charge is -2.29. The molecule has 1 fully saturated rings. The lowest BCUT2D eigenvalue weighted by atomic mass is 10.2. The summed E-state index contributed by atoms with van der Waals surface area (Å²) < 4.78 is 2.04. The molecule has 0 amide bonds. The number of nitrogens with zero attached hydrogens (tertiary/aromatic N) is 5. The van der Waals surface area contributed by atoms with Crippen molar-refractivity contribution in [2.24, 2.45) is 0 Å². The van der Waals surface area contributed by atoms with E-state index in [0.29, 0.717) is 6.04 Å². The fraction of sp³-hybridized carbons (Fsp3) is 0.571. The summed E-state index contributed by atoms with van der Waals surface area (Å²) in [6.07, 6.45) is 6.92. The van der Waals surface area contributed by atoms with Crippen molar-refractivity contribution < 1.29 is 0 Å². The SMILES string of the molecule is CNc1cn2ccnc2c(N2CCCN(C)CC2C)n1. The first-order chi connectivity index (χ1) is 9.69. The second kappa shape index (κ2) is 5.28. The molecule has 1 saturated heterocycles. The molecule has 3 rings (SSSR count). The summed E-state index contributed by atoms with van der Waals surface area (Å²) >= 11 is 0. The Bertz CT molecular complexity index is 592. The largest absolute Gasteiger partial charge is 0.372 e. The molecule has 1 aliphatic rings. The smallest absolute Gasteiger partial charge is 0.180 e. The van der Waals surface area contributed by atoms with Crippen LogP contribution in [0.5, 0.6) is 0 Å². The van der Waals surface area contributed by atoms with Crippen molar-refractivity contribution in [1.29, 1.82) is 0 Å². The Kier molecular flexibility index (Phi) is 3.48. The normalized spacial score (nSPS) is 21.1. The van der Waals surface area contributed by atoms with E-state index >= 15 is 0 Å². The highest BCUT2D eigenvalue weighted by molar-refractivity contribution is 5.67. The first-order valence-electron chi connectivity index (χ1n) is 7.15. The molecule has 0 radical (unpaired) electrons. The minimum Gasteiger partial charge on any atom is -0.372 e. The third-order valence-electron chi connectivity index (χ3n) is 3.93. The van der Waals surface area contributed by atoms with Crippen LogP contribution in [-0.4, -0.2) is 59.0 Å². The Balaban J connectivity index is 2.05. The van der Waals surface area contributed by atoms with Crippen LogP contribution in [-0.2, 0) is 0 Å². The van der Waals surface area contributed by atoms with Gasteiger partial charge in [0.25, 0.3) is 0 Å². The predicted molar refractivity (Wildman–Crippen MR) is 81.5 cm³/mol. The van der Waals surface area contributed by atoms with Crippen molar-refractivity contribution in [1.82, 2.24) is 19.3 Å². The van der Waals surface area contributed by atoms with Gasteiger partial charge in [-0.25, -0.2) is 9.97 Å². The Morgan fingerprint density at radius 3 is 3.00 bits per heavy atom. The van der Waals surface area contributed by atoms with Crippen molar-refractivity contribution in [3.8, 4) is 0 Å². The van der Waals surface area contributed by atoms with E-state index in [0.717, 1.165) is 43.3 Å². The average molecular weight is 274 g/mol. The molecule has 1 atom stereocenters. The maximum absolute atomic E-state index is 4.75. The van der Waals surface area contributed by atoms with Crippen LogP contribution in [0.25, 0.3) is 5.65 Å². The number of hydrogen-bond acceptors (Lipinski definition) is 5. The second-order valence-electron chi connectivity index (χ2n) is 5.52. The predicted octanol–water partition coefficient (Wildman–Crippen LogP) is 1.30. The Hall–Kier alpha value is -1.82. The van der Waals surface area contributed by atoms with E-state index in [4.69, 9.17) is 4.98 Å². The molecule has 20 heavy (non-hydrogen) atoms. The van der Waals surface area contributed by atoms with Crippen molar-refractivity contribution in [3.63, 3.8) is 0 Å². The maximum Gasteiger partial charge on any atom is 0.180 e. The van der Waals surface area contributed by atoms with Gasteiger partial charge in [-0.15, -0.1) is 0 Å². The van der Waals surface area contributed by atoms with Gasteiger partial charge in [0.2, 0.25) is 0 Å². The second-order valence-corrected chi connectivity index (χ2v) is 5.52. The molecule has 0 aromatic carbocycles. The van der Waals surface area contributed by atoms with Crippen molar-refractivity contribution in [3.05, 3.63) is 18.6 Å². The van der Waals surface area contributed by atoms with Gasteiger partial charge in [-0.1, -0.05) is 0 Å². The summed E-state index contributed by atoms with van der Waals surface area (Å²) in [4.78, 5) is 14.0. The minimum atomic E-state index is 0.433. The van der Waals surface area contributed by atoms with E-state index in [1.54, 1.807) is 0 Å². The molecule has 2 aromatic heterocycles. The number of anilines is 2. The molecule has 0 spiro atoms. The number of rotatable bonds is 2. The number of aromatic nitrogens is 3. The van der Waals surface area contributed by atoms with E-state index in [2.05, 4.69) is 34.1 Å². The van der Waals surface area contributed by atoms with Gasteiger partial charge in [-0.2, -0.15) is 0 Å². The molecule has 1 aliphatic heterocycles. The zero-order chi connectivity index (χ0) is 14.1. The van der Waals surface area contributed by atoms with Crippen LogP contribution in [0.2, 0.25) is 0 Å². The number of likely N-dealkylation sites (N-methyl/N-ethyl adjacent to an activating group) is 1. The summed E-state index contributed by atoms with van der Waals surface area (Å²) in [5, 5.41) is 3.13. The molecular weight excluding hydrogens is 252 g/mol. The highest BCUT2D eigenvalue weighted by Gasteiger charge is 2.23. The van der Waals surface area contributed by atoms with Crippen molar-refractivity contribution in [2.45, 2.75) is 19.4 Å². The summed E-state index contributed by atoms with van der Waals surface area (Å²) in [5.41, 5.74) is 0.931. The van der Waals surface area contributed by atoms with Crippen molar-refractivity contribution in [2.75, 3.05) is 43.9 Å².